The monoisotopic (exact) mass is 403 g/mol. The normalized spacial score (nSPS) is 18.6. The molecule has 1 heterocycles. The van der Waals surface area contributed by atoms with Crippen LogP contribution in [0.25, 0.3) is 0 Å². The summed E-state index contributed by atoms with van der Waals surface area (Å²) in [5, 5.41) is 10.4. The summed E-state index contributed by atoms with van der Waals surface area (Å²) >= 11 is 0. The van der Waals surface area contributed by atoms with Crippen LogP contribution in [0.15, 0.2) is 84.9 Å². The van der Waals surface area contributed by atoms with Gasteiger partial charge < -0.3 is 19.5 Å². The van der Waals surface area contributed by atoms with Crippen LogP contribution in [0.3, 0.4) is 0 Å². The van der Waals surface area contributed by atoms with Crippen molar-refractivity contribution in [1.82, 2.24) is 4.90 Å². The molecule has 0 saturated carbocycles. The Labute approximate surface area is 176 Å². The lowest BCUT2D eigenvalue weighted by Gasteiger charge is -2.26. The Morgan fingerprint density at radius 2 is 1.47 bits per heavy atom. The van der Waals surface area contributed by atoms with E-state index in [1.165, 1.54) is 0 Å². The van der Waals surface area contributed by atoms with E-state index in [0.717, 1.165) is 22.6 Å². The molecule has 154 valence electrons. The fraction of sp³-hybridized carbons (Fsp3) is 0.240. The fourth-order valence-electron chi connectivity index (χ4n) is 3.59. The van der Waals surface area contributed by atoms with Crippen molar-refractivity contribution in [3.63, 3.8) is 0 Å². The zero-order valence-electron chi connectivity index (χ0n) is 16.7. The quantitative estimate of drug-likeness (QED) is 0.614. The van der Waals surface area contributed by atoms with E-state index in [-0.39, 0.29) is 18.4 Å². The van der Waals surface area contributed by atoms with Crippen LogP contribution in [0, 0.1) is 0 Å². The number of amides is 1. The van der Waals surface area contributed by atoms with Gasteiger partial charge in [0.1, 0.15) is 11.5 Å². The molecule has 1 fully saturated rings. The van der Waals surface area contributed by atoms with Gasteiger partial charge >= 0.3 is 0 Å². The number of nitrogens with zero attached hydrogens (tertiary/aromatic N) is 1. The van der Waals surface area contributed by atoms with Crippen LogP contribution >= 0.6 is 0 Å². The molecule has 30 heavy (non-hydrogen) atoms. The van der Waals surface area contributed by atoms with Gasteiger partial charge in [-0.05, 0) is 35.4 Å². The molecular formula is C25H25NO4. The molecule has 5 nitrogen and oxygen atoms in total. The van der Waals surface area contributed by atoms with E-state index in [1.54, 1.807) is 4.90 Å². The van der Waals surface area contributed by atoms with Crippen molar-refractivity contribution in [2.24, 2.45) is 0 Å². The van der Waals surface area contributed by atoms with Crippen LogP contribution in [0.4, 0.5) is 0 Å². The number of likely N-dealkylation sites (tertiary alicyclic amines) is 1. The van der Waals surface area contributed by atoms with Crippen LogP contribution in [0.5, 0.6) is 11.5 Å². The molecule has 3 aromatic rings. The largest absolute Gasteiger partial charge is 0.457 e. The summed E-state index contributed by atoms with van der Waals surface area (Å²) in [6, 6.07) is 26.8. The van der Waals surface area contributed by atoms with Crippen LogP contribution in [0.2, 0.25) is 0 Å². The first-order valence-corrected chi connectivity index (χ1v) is 10.1. The molecule has 4 rings (SSSR count). The summed E-state index contributed by atoms with van der Waals surface area (Å²) in [7, 11) is 0. The van der Waals surface area contributed by atoms with Crippen LogP contribution in [0.1, 0.15) is 17.5 Å². The maximum absolute atomic E-state index is 12.4. The first-order chi connectivity index (χ1) is 14.7. The molecule has 0 aromatic heterocycles. The molecule has 0 spiro atoms. The standard InChI is InChI=1S/C25H25NO4/c27-24-15-25(28)26(23(24)18-29-17-20-7-3-1-4-8-20)16-19-11-13-22(14-12-19)30-21-9-5-2-6-10-21/h1-14,23-24,27H,15-18H2/t23-,24-/m0/s1. The summed E-state index contributed by atoms with van der Waals surface area (Å²) in [5.41, 5.74) is 2.04. The topological polar surface area (TPSA) is 59.0 Å². The highest BCUT2D eigenvalue weighted by Gasteiger charge is 2.38. The molecule has 3 aromatic carbocycles. The number of aliphatic hydroxyl groups excluding tert-OH is 1. The Morgan fingerprint density at radius 1 is 0.833 bits per heavy atom. The molecule has 0 unspecified atom stereocenters. The molecule has 1 N–H and O–H groups in total. The zero-order valence-corrected chi connectivity index (χ0v) is 16.7. The minimum atomic E-state index is -0.714. The number of benzene rings is 3. The van der Waals surface area contributed by atoms with E-state index in [2.05, 4.69) is 0 Å². The number of carbonyl (C=O) groups is 1. The highest BCUT2D eigenvalue weighted by molar-refractivity contribution is 5.79. The van der Waals surface area contributed by atoms with Gasteiger partial charge in [-0.1, -0.05) is 60.7 Å². The number of ether oxygens (including phenoxy) is 2. The molecule has 1 aliphatic rings. The lowest BCUT2D eigenvalue weighted by molar-refractivity contribution is -0.130. The smallest absolute Gasteiger partial charge is 0.225 e. The number of para-hydroxylation sites is 1. The third-order valence-electron chi connectivity index (χ3n) is 5.20. The molecule has 2 atom stereocenters. The molecule has 0 radical (unpaired) electrons. The average molecular weight is 403 g/mol. The Bertz CT molecular complexity index is 944. The van der Waals surface area contributed by atoms with Crippen molar-refractivity contribution in [1.29, 1.82) is 0 Å². The van der Waals surface area contributed by atoms with Crippen molar-refractivity contribution >= 4 is 5.91 Å². The first kappa shape index (κ1) is 20.1. The van der Waals surface area contributed by atoms with Crippen molar-refractivity contribution in [2.75, 3.05) is 6.61 Å². The van der Waals surface area contributed by atoms with Crippen molar-refractivity contribution < 1.29 is 19.4 Å². The Balaban J connectivity index is 1.36. The second-order valence-corrected chi connectivity index (χ2v) is 7.42. The van der Waals surface area contributed by atoms with Gasteiger partial charge in [-0.25, -0.2) is 0 Å². The molecule has 1 saturated heterocycles. The van der Waals surface area contributed by atoms with Gasteiger partial charge in [-0.3, -0.25) is 4.79 Å². The summed E-state index contributed by atoms with van der Waals surface area (Å²) < 4.78 is 11.6. The summed E-state index contributed by atoms with van der Waals surface area (Å²) in [6.45, 7) is 1.19. The van der Waals surface area contributed by atoms with Crippen LogP contribution in [-0.2, 0) is 22.7 Å². The molecular weight excluding hydrogens is 378 g/mol. The first-order valence-electron chi connectivity index (χ1n) is 10.1. The molecule has 0 bridgehead atoms. The second-order valence-electron chi connectivity index (χ2n) is 7.42. The number of rotatable bonds is 8. The van der Waals surface area contributed by atoms with Gasteiger partial charge in [0.05, 0.1) is 31.8 Å². The minimum Gasteiger partial charge on any atom is -0.457 e. The van der Waals surface area contributed by atoms with Gasteiger partial charge in [0, 0.05) is 6.54 Å². The number of hydrogen-bond donors (Lipinski definition) is 1. The lowest BCUT2D eigenvalue weighted by Crippen LogP contribution is -2.40. The maximum Gasteiger partial charge on any atom is 0.225 e. The van der Waals surface area contributed by atoms with Crippen molar-refractivity contribution in [2.45, 2.75) is 31.7 Å². The van der Waals surface area contributed by atoms with Crippen molar-refractivity contribution in [3.05, 3.63) is 96.1 Å². The van der Waals surface area contributed by atoms with Gasteiger partial charge in [0.15, 0.2) is 0 Å². The summed E-state index contributed by atoms with van der Waals surface area (Å²) in [5.74, 6) is 1.46. The SMILES string of the molecule is O=C1C[C@H](O)[C@H](COCc2ccccc2)N1Cc1ccc(Oc2ccccc2)cc1. The third kappa shape index (κ3) is 5.06. The number of hydrogen-bond acceptors (Lipinski definition) is 4. The predicted molar refractivity (Wildman–Crippen MR) is 114 cm³/mol. The average Bonchev–Trinajstić information content (AvgIpc) is 3.03. The van der Waals surface area contributed by atoms with E-state index in [1.807, 2.05) is 84.9 Å². The van der Waals surface area contributed by atoms with Gasteiger partial charge in [0.25, 0.3) is 0 Å². The summed E-state index contributed by atoms with van der Waals surface area (Å²) in [6.07, 6.45) is -0.580. The second kappa shape index (κ2) is 9.57. The van der Waals surface area contributed by atoms with Crippen LogP contribution in [-0.4, -0.2) is 34.7 Å². The number of carbonyl (C=O) groups excluding carboxylic acids is 1. The Morgan fingerprint density at radius 3 is 2.17 bits per heavy atom. The lowest BCUT2D eigenvalue weighted by atomic mass is 10.1. The van der Waals surface area contributed by atoms with Gasteiger partial charge in [0.2, 0.25) is 5.91 Å². The minimum absolute atomic E-state index is 0.0552. The molecule has 1 amide bonds. The fourth-order valence-corrected chi connectivity index (χ4v) is 3.59. The molecule has 0 aliphatic carbocycles. The highest BCUT2D eigenvalue weighted by Crippen LogP contribution is 2.25. The van der Waals surface area contributed by atoms with Crippen LogP contribution < -0.4 is 4.74 Å². The highest BCUT2D eigenvalue weighted by atomic mass is 16.5. The Kier molecular flexibility index (Phi) is 6.42. The maximum atomic E-state index is 12.4. The van der Waals surface area contributed by atoms with E-state index >= 15 is 0 Å². The van der Waals surface area contributed by atoms with Gasteiger partial charge in [-0.2, -0.15) is 0 Å². The van der Waals surface area contributed by atoms with E-state index in [0.29, 0.717) is 19.8 Å². The van der Waals surface area contributed by atoms with E-state index < -0.39 is 6.10 Å². The predicted octanol–water partition coefficient (Wildman–Crippen LogP) is 4.16. The van der Waals surface area contributed by atoms with Crippen molar-refractivity contribution in [3.8, 4) is 11.5 Å². The number of aliphatic hydroxyl groups is 1. The van der Waals surface area contributed by atoms with Gasteiger partial charge in [-0.15, -0.1) is 0 Å². The molecule has 5 heteroatoms. The van der Waals surface area contributed by atoms with E-state index in [9.17, 15) is 9.90 Å². The summed E-state index contributed by atoms with van der Waals surface area (Å²) in [4.78, 5) is 14.1. The molecule has 1 aliphatic heterocycles. The third-order valence-corrected chi connectivity index (χ3v) is 5.20. The van der Waals surface area contributed by atoms with E-state index in [4.69, 9.17) is 9.47 Å². The Hall–Kier alpha value is -3.15. The zero-order chi connectivity index (χ0) is 20.8.